The quantitative estimate of drug-likeness (QED) is 0.654. The third kappa shape index (κ3) is 4.30. The molecule has 0 amide bonds. The summed E-state index contributed by atoms with van der Waals surface area (Å²) in [7, 11) is 0. The van der Waals surface area contributed by atoms with Gasteiger partial charge < -0.3 is 10.1 Å². The Morgan fingerprint density at radius 3 is 2.58 bits per heavy atom. The van der Waals surface area contributed by atoms with Crippen LogP contribution in [-0.4, -0.2) is 31.4 Å². The maximum Gasteiger partial charge on any atom is 0.338 e. The number of fused-ring (bicyclic) bond motifs is 2. The molecule has 2 aliphatic rings. The Hall–Kier alpha value is -3.40. The van der Waals surface area contributed by atoms with Crippen LogP contribution in [0.3, 0.4) is 0 Å². The summed E-state index contributed by atoms with van der Waals surface area (Å²) in [6.07, 6.45) is 5.39. The van der Waals surface area contributed by atoms with Gasteiger partial charge in [0.05, 0.1) is 12.2 Å². The molecule has 0 spiro atoms. The molecule has 2 N–H and O–H groups in total. The molecule has 0 unspecified atom stereocenters. The van der Waals surface area contributed by atoms with Crippen molar-refractivity contribution in [2.45, 2.75) is 41.0 Å². The van der Waals surface area contributed by atoms with Crippen molar-refractivity contribution in [3.05, 3.63) is 93.1 Å². The van der Waals surface area contributed by atoms with Gasteiger partial charge in [0.25, 0.3) is 0 Å². The van der Waals surface area contributed by atoms with Crippen LogP contribution in [0.15, 0.2) is 65.3 Å². The first kappa shape index (κ1) is 22.8. The first-order chi connectivity index (χ1) is 16.0. The smallest absolute Gasteiger partial charge is 0.338 e. The van der Waals surface area contributed by atoms with Gasteiger partial charge in [-0.3, -0.25) is 0 Å². The van der Waals surface area contributed by atoms with Crippen LogP contribution in [0.2, 0.25) is 0 Å². The van der Waals surface area contributed by atoms with Gasteiger partial charge in [-0.1, -0.05) is 18.2 Å². The molecule has 2 aliphatic carbocycles. The van der Waals surface area contributed by atoms with E-state index in [1.165, 1.54) is 33.4 Å². The van der Waals surface area contributed by atoms with E-state index in [4.69, 9.17) is 4.74 Å². The molecule has 4 nitrogen and oxygen atoms in total. The number of hydrogen-bond donors (Lipinski definition) is 2. The minimum Gasteiger partial charge on any atom is -0.462 e. The summed E-state index contributed by atoms with van der Waals surface area (Å²) >= 11 is 0. The van der Waals surface area contributed by atoms with Crippen LogP contribution in [0.1, 0.15) is 60.3 Å². The van der Waals surface area contributed by atoms with Gasteiger partial charge in [-0.2, -0.15) is 0 Å². The van der Waals surface area contributed by atoms with Crippen molar-refractivity contribution in [2.24, 2.45) is 0 Å². The van der Waals surface area contributed by atoms with E-state index in [1.807, 2.05) is 31.2 Å². The van der Waals surface area contributed by atoms with Gasteiger partial charge in [0, 0.05) is 23.9 Å². The molecular weight excluding hydrogens is 408 g/mol. The van der Waals surface area contributed by atoms with Crippen LogP contribution in [0.5, 0.6) is 0 Å². The molecule has 0 aliphatic heterocycles. The van der Waals surface area contributed by atoms with Gasteiger partial charge in [-0.05, 0) is 104 Å². The van der Waals surface area contributed by atoms with Gasteiger partial charge in [0.1, 0.15) is 6.54 Å². The standard InChI is InChI=1S/C29H32N2O2/c1-6-30-26-16-20-15-21-17-27(31-7-2)19(5)14-25(21)28(24(20)13-18(26)4)22-11-9-10-12-23(22)29(32)33-8-3/h9-14,16-17,30H,6-8,15H2,1-5H3/p+1. The number of allylic oxidation sites excluding steroid dienone is 5. The highest BCUT2D eigenvalue weighted by atomic mass is 16.5. The van der Waals surface area contributed by atoms with Crippen LogP contribution in [0.4, 0.5) is 5.69 Å². The molecule has 0 saturated carbocycles. The van der Waals surface area contributed by atoms with Crippen molar-refractivity contribution in [3.8, 4) is 0 Å². The average molecular weight is 442 g/mol. The Morgan fingerprint density at radius 2 is 1.85 bits per heavy atom. The lowest BCUT2D eigenvalue weighted by atomic mass is 9.75. The van der Waals surface area contributed by atoms with Gasteiger partial charge in [-0.15, -0.1) is 0 Å². The normalized spacial score (nSPS) is 16.1. The van der Waals surface area contributed by atoms with Gasteiger partial charge >= 0.3 is 5.97 Å². The number of nitrogens with one attached hydrogen (secondary N) is 2. The molecule has 4 rings (SSSR count). The maximum absolute atomic E-state index is 12.9. The topological polar surface area (TPSA) is 52.3 Å². The van der Waals surface area contributed by atoms with Crippen LogP contribution in [0, 0.1) is 6.92 Å². The summed E-state index contributed by atoms with van der Waals surface area (Å²) in [4.78, 5) is 16.4. The number of carbonyl (C=O) groups excluding carboxylic acids is 1. The van der Waals surface area contributed by atoms with Crippen molar-refractivity contribution in [3.63, 3.8) is 0 Å². The van der Waals surface area contributed by atoms with Crippen LogP contribution >= 0.6 is 0 Å². The first-order valence-electron chi connectivity index (χ1n) is 11.9. The van der Waals surface area contributed by atoms with E-state index in [9.17, 15) is 4.79 Å². The number of hydrogen-bond acceptors (Lipinski definition) is 3. The maximum atomic E-state index is 12.9. The average Bonchev–Trinajstić information content (AvgIpc) is 2.80. The fraction of sp³-hybridized carbons (Fsp3) is 0.310. The molecule has 0 radical (unpaired) electrons. The number of esters is 1. The van der Waals surface area contributed by atoms with Crippen molar-refractivity contribution in [1.29, 1.82) is 0 Å². The fourth-order valence-electron chi connectivity index (χ4n) is 4.75. The Labute approximate surface area is 196 Å². The van der Waals surface area contributed by atoms with E-state index < -0.39 is 0 Å². The third-order valence-electron chi connectivity index (χ3n) is 6.25. The van der Waals surface area contributed by atoms with E-state index >= 15 is 0 Å². The van der Waals surface area contributed by atoms with Crippen LogP contribution < -0.4 is 10.3 Å². The Bertz CT molecular complexity index is 1230. The molecule has 2 aromatic carbocycles. The molecule has 4 heteroatoms. The van der Waals surface area contributed by atoms with E-state index in [0.717, 1.165) is 42.0 Å². The van der Waals surface area contributed by atoms with Crippen molar-refractivity contribution in [1.82, 2.24) is 0 Å². The molecule has 0 saturated heterocycles. The second kappa shape index (κ2) is 9.62. The molecule has 170 valence electrons. The summed E-state index contributed by atoms with van der Waals surface area (Å²) < 4.78 is 5.41. The van der Waals surface area contributed by atoms with E-state index in [-0.39, 0.29) is 5.97 Å². The zero-order valence-corrected chi connectivity index (χ0v) is 20.3. The predicted molar refractivity (Wildman–Crippen MR) is 136 cm³/mol. The Morgan fingerprint density at radius 1 is 1.06 bits per heavy atom. The largest absolute Gasteiger partial charge is 0.462 e. The molecule has 0 atom stereocenters. The molecular formula is C29H33N2O2+. The number of carbonyl (C=O) groups is 1. The first-order valence-corrected chi connectivity index (χ1v) is 11.9. The Balaban J connectivity index is 2.02. The van der Waals surface area contributed by atoms with Crippen molar-refractivity contribution in [2.75, 3.05) is 25.0 Å². The molecule has 0 aromatic heterocycles. The van der Waals surface area contributed by atoms with Crippen LogP contribution in [0.25, 0.3) is 5.57 Å². The van der Waals surface area contributed by atoms with Crippen molar-refractivity contribution >= 4 is 22.9 Å². The van der Waals surface area contributed by atoms with E-state index in [0.29, 0.717) is 12.2 Å². The summed E-state index contributed by atoms with van der Waals surface area (Å²) in [5, 5.41) is 3.50. The summed E-state index contributed by atoms with van der Waals surface area (Å²) in [6, 6.07) is 12.4. The molecule has 0 bridgehead atoms. The fourth-order valence-corrected chi connectivity index (χ4v) is 4.75. The molecule has 2 aromatic rings. The lowest BCUT2D eigenvalue weighted by Gasteiger charge is -2.29. The minimum atomic E-state index is -0.281. The second-order valence-corrected chi connectivity index (χ2v) is 8.53. The number of anilines is 1. The van der Waals surface area contributed by atoms with E-state index in [2.05, 4.69) is 62.3 Å². The lowest BCUT2D eigenvalue weighted by molar-refractivity contribution is -0.451. The van der Waals surface area contributed by atoms with Gasteiger partial charge in [0.2, 0.25) is 5.71 Å². The van der Waals surface area contributed by atoms with Crippen molar-refractivity contribution < 1.29 is 14.5 Å². The Kier molecular flexibility index (Phi) is 6.64. The summed E-state index contributed by atoms with van der Waals surface area (Å²) in [5.41, 5.74) is 12.3. The lowest BCUT2D eigenvalue weighted by Crippen LogP contribution is -2.72. The highest BCUT2D eigenvalue weighted by molar-refractivity contribution is 6.10. The number of ether oxygens (including phenoxy) is 1. The number of rotatable bonds is 6. The minimum absolute atomic E-state index is 0.281. The highest BCUT2D eigenvalue weighted by Crippen LogP contribution is 2.43. The van der Waals surface area contributed by atoms with Crippen LogP contribution in [-0.2, 0) is 11.2 Å². The monoisotopic (exact) mass is 441 g/mol. The highest BCUT2D eigenvalue weighted by Gasteiger charge is 2.30. The van der Waals surface area contributed by atoms with Gasteiger partial charge in [0.15, 0.2) is 0 Å². The SMILES string of the molecule is CCNc1cc2c(cc1C)C(c1ccccc1C(=O)OCC)=C1C=C(C)C(=[NH+]CC)C=C1C2. The summed E-state index contributed by atoms with van der Waals surface area (Å²) in [6.45, 7) is 12.5. The zero-order valence-electron chi connectivity index (χ0n) is 20.3. The third-order valence-corrected chi connectivity index (χ3v) is 6.25. The van der Waals surface area contributed by atoms with E-state index in [1.54, 1.807) is 0 Å². The molecule has 0 heterocycles. The summed E-state index contributed by atoms with van der Waals surface area (Å²) in [5.74, 6) is -0.281. The zero-order chi connectivity index (χ0) is 23.5. The number of benzene rings is 2. The predicted octanol–water partition coefficient (Wildman–Crippen LogP) is 4.39. The van der Waals surface area contributed by atoms with Gasteiger partial charge in [-0.25, -0.2) is 9.79 Å². The molecule has 33 heavy (non-hydrogen) atoms. The second-order valence-electron chi connectivity index (χ2n) is 8.53. The number of aryl methyl sites for hydroxylation is 1. The molecule has 0 fully saturated rings.